The molecule has 0 aromatic heterocycles. The number of hydrogen-bond acceptors (Lipinski definition) is 3. The van der Waals surface area contributed by atoms with Gasteiger partial charge in [-0.2, -0.15) is 0 Å². The fraction of sp³-hybridized carbons (Fsp3) is 0.560. The van der Waals surface area contributed by atoms with Gasteiger partial charge in [-0.05, 0) is 75.2 Å². The number of piperidine rings is 1. The van der Waals surface area contributed by atoms with Crippen molar-refractivity contribution in [2.75, 3.05) is 25.4 Å². The minimum atomic E-state index is 0.192. The molecule has 1 saturated heterocycles. The van der Waals surface area contributed by atoms with Crippen LogP contribution in [0.25, 0.3) is 0 Å². The number of nitrogen functional groups attached to an aromatic ring is 1. The Morgan fingerprint density at radius 2 is 1.82 bits per heavy atom. The number of Topliss-reactive ketones (excluding diaryl/α,β-unsaturated/α-hetero) is 1. The summed E-state index contributed by atoms with van der Waals surface area (Å²) < 4.78 is 0. The van der Waals surface area contributed by atoms with Crippen molar-refractivity contribution in [3.8, 4) is 23.7 Å². The minimum Gasteiger partial charge on any atom is -0.398 e. The molecule has 0 atom stereocenters. The molecule has 0 unspecified atom stereocenters. The van der Waals surface area contributed by atoms with Crippen molar-refractivity contribution in [2.45, 2.75) is 71.1 Å². The number of benzene rings is 1. The summed E-state index contributed by atoms with van der Waals surface area (Å²) in [5.74, 6) is 12.1. The molecular weight excluding hydrogens is 344 g/mol. The van der Waals surface area contributed by atoms with Crippen LogP contribution in [0, 0.1) is 23.7 Å². The number of ketones is 1. The molecule has 0 spiro atoms. The molecular formula is C25H34N2O. The second-order valence-corrected chi connectivity index (χ2v) is 7.55. The van der Waals surface area contributed by atoms with Crippen molar-refractivity contribution in [3.05, 3.63) is 29.3 Å². The van der Waals surface area contributed by atoms with Crippen molar-refractivity contribution < 1.29 is 4.79 Å². The predicted octanol–water partition coefficient (Wildman–Crippen LogP) is 4.85. The van der Waals surface area contributed by atoms with Crippen LogP contribution in [0.1, 0.15) is 80.6 Å². The molecule has 1 aliphatic heterocycles. The van der Waals surface area contributed by atoms with Crippen LogP contribution in [0.5, 0.6) is 0 Å². The zero-order valence-corrected chi connectivity index (χ0v) is 17.4. The first kappa shape index (κ1) is 22.1. The Morgan fingerprint density at radius 1 is 1.07 bits per heavy atom. The number of anilines is 1. The SMILES string of the molecule is CCCCC#CC#CCCc1ccc(C(=O)CCCN2CCCCC2)cc1N. The maximum Gasteiger partial charge on any atom is 0.162 e. The van der Waals surface area contributed by atoms with Gasteiger partial charge in [0.25, 0.3) is 0 Å². The lowest BCUT2D eigenvalue weighted by Gasteiger charge is -2.26. The van der Waals surface area contributed by atoms with Gasteiger partial charge in [-0.15, -0.1) is 0 Å². The number of rotatable bonds is 9. The van der Waals surface area contributed by atoms with Gasteiger partial charge in [0.1, 0.15) is 0 Å². The molecule has 3 nitrogen and oxygen atoms in total. The molecule has 0 amide bonds. The number of likely N-dealkylation sites (tertiary alicyclic amines) is 1. The van der Waals surface area contributed by atoms with Gasteiger partial charge in [-0.1, -0.05) is 43.7 Å². The van der Waals surface area contributed by atoms with Crippen molar-refractivity contribution in [1.82, 2.24) is 4.90 Å². The van der Waals surface area contributed by atoms with Crippen molar-refractivity contribution in [3.63, 3.8) is 0 Å². The third-order valence-electron chi connectivity index (χ3n) is 5.21. The normalized spacial score (nSPS) is 13.9. The number of nitrogens with two attached hydrogens (primary N) is 1. The average Bonchev–Trinajstić information content (AvgIpc) is 2.71. The average molecular weight is 379 g/mol. The molecule has 28 heavy (non-hydrogen) atoms. The van der Waals surface area contributed by atoms with E-state index in [9.17, 15) is 4.79 Å². The Kier molecular flexibility index (Phi) is 10.3. The fourth-order valence-electron chi connectivity index (χ4n) is 3.46. The highest BCUT2D eigenvalue weighted by molar-refractivity contribution is 5.97. The van der Waals surface area contributed by atoms with Gasteiger partial charge in [0.05, 0.1) is 0 Å². The Labute approximate surface area is 171 Å². The molecule has 0 radical (unpaired) electrons. The minimum absolute atomic E-state index is 0.192. The molecule has 1 aromatic rings. The predicted molar refractivity (Wildman–Crippen MR) is 118 cm³/mol. The van der Waals surface area contributed by atoms with E-state index in [1.807, 2.05) is 18.2 Å². The highest BCUT2D eigenvalue weighted by Crippen LogP contribution is 2.18. The molecule has 1 fully saturated rings. The summed E-state index contributed by atoms with van der Waals surface area (Å²) in [5, 5.41) is 0. The topological polar surface area (TPSA) is 46.3 Å². The summed E-state index contributed by atoms with van der Waals surface area (Å²) in [5.41, 5.74) is 8.64. The first-order chi connectivity index (χ1) is 13.7. The standard InChI is InChI=1S/C25H34N2O/c1-2-3-4-5-6-7-8-10-14-22-16-17-23(21-24(22)26)25(28)15-13-20-27-18-11-9-12-19-27/h16-17,21H,2-4,9-15,18-20,26H2,1H3. The van der Waals surface area contributed by atoms with E-state index < -0.39 is 0 Å². The van der Waals surface area contributed by atoms with E-state index in [0.29, 0.717) is 12.1 Å². The van der Waals surface area contributed by atoms with E-state index in [1.54, 1.807) is 0 Å². The molecule has 1 heterocycles. The van der Waals surface area contributed by atoms with Gasteiger partial charge in [0.2, 0.25) is 0 Å². The Morgan fingerprint density at radius 3 is 2.54 bits per heavy atom. The number of carbonyl (C=O) groups excluding carboxylic acids is 1. The monoisotopic (exact) mass is 378 g/mol. The number of carbonyl (C=O) groups is 1. The molecule has 2 N–H and O–H groups in total. The lowest BCUT2D eigenvalue weighted by molar-refractivity contribution is 0.0973. The Hall–Kier alpha value is -2.23. The number of hydrogen-bond donors (Lipinski definition) is 1. The first-order valence-electron chi connectivity index (χ1n) is 10.8. The van der Waals surface area contributed by atoms with Gasteiger partial charge in [0, 0.05) is 30.5 Å². The van der Waals surface area contributed by atoms with Gasteiger partial charge >= 0.3 is 0 Å². The van der Waals surface area contributed by atoms with E-state index in [4.69, 9.17) is 5.73 Å². The maximum atomic E-state index is 12.4. The number of aryl methyl sites for hydroxylation is 1. The van der Waals surface area contributed by atoms with Crippen LogP contribution in [0.15, 0.2) is 18.2 Å². The fourth-order valence-corrected chi connectivity index (χ4v) is 3.46. The molecule has 1 aliphatic rings. The van der Waals surface area contributed by atoms with Gasteiger partial charge in [-0.3, -0.25) is 4.79 Å². The summed E-state index contributed by atoms with van der Waals surface area (Å²) in [6.45, 7) is 5.55. The Balaban J connectivity index is 1.74. The summed E-state index contributed by atoms with van der Waals surface area (Å²) in [4.78, 5) is 14.9. The van der Waals surface area contributed by atoms with E-state index in [2.05, 4.69) is 35.5 Å². The maximum absolute atomic E-state index is 12.4. The molecule has 1 aromatic carbocycles. The van der Waals surface area contributed by atoms with E-state index >= 15 is 0 Å². The lowest BCUT2D eigenvalue weighted by Crippen LogP contribution is -2.30. The second-order valence-electron chi connectivity index (χ2n) is 7.55. The van der Waals surface area contributed by atoms with E-state index in [-0.39, 0.29) is 5.78 Å². The zero-order chi connectivity index (χ0) is 20.0. The zero-order valence-electron chi connectivity index (χ0n) is 17.4. The quantitative estimate of drug-likeness (QED) is 0.289. The largest absolute Gasteiger partial charge is 0.398 e. The van der Waals surface area contributed by atoms with Crippen LogP contribution in [0.3, 0.4) is 0 Å². The highest BCUT2D eigenvalue weighted by atomic mass is 16.1. The summed E-state index contributed by atoms with van der Waals surface area (Å²) in [6, 6.07) is 5.71. The smallest absolute Gasteiger partial charge is 0.162 e. The molecule has 0 bridgehead atoms. The summed E-state index contributed by atoms with van der Waals surface area (Å²) >= 11 is 0. The molecule has 0 aliphatic carbocycles. The third-order valence-corrected chi connectivity index (χ3v) is 5.21. The molecule has 0 saturated carbocycles. The van der Waals surface area contributed by atoms with Crippen LogP contribution in [0.2, 0.25) is 0 Å². The molecule has 3 heteroatoms. The summed E-state index contributed by atoms with van der Waals surface area (Å²) in [7, 11) is 0. The van der Waals surface area contributed by atoms with Gasteiger partial charge in [-0.25, -0.2) is 0 Å². The number of unbranched alkanes of at least 4 members (excludes halogenated alkanes) is 2. The van der Waals surface area contributed by atoms with Crippen molar-refractivity contribution in [1.29, 1.82) is 0 Å². The van der Waals surface area contributed by atoms with E-state index in [1.165, 1.54) is 38.8 Å². The molecule has 2 rings (SSSR count). The van der Waals surface area contributed by atoms with E-state index in [0.717, 1.165) is 49.8 Å². The van der Waals surface area contributed by atoms with Crippen molar-refractivity contribution >= 4 is 11.5 Å². The van der Waals surface area contributed by atoms with Crippen molar-refractivity contribution in [2.24, 2.45) is 0 Å². The molecule has 150 valence electrons. The number of nitrogens with zero attached hydrogens (tertiary/aromatic N) is 1. The van der Waals surface area contributed by atoms with Gasteiger partial charge < -0.3 is 10.6 Å². The summed E-state index contributed by atoms with van der Waals surface area (Å²) in [6.07, 6.45) is 10.2. The first-order valence-corrected chi connectivity index (χ1v) is 10.8. The highest BCUT2D eigenvalue weighted by Gasteiger charge is 2.12. The van der Waals surface area contributed by atoms with Crippen LogP contribution < -0.4 is 5.73 Å². The third kappa shape index (κ3) is 8.20. The van der Waals surface area contributed by atoms with Crippen LogP contribution in [-0.4, -0.2) is 30.3 Å². The van der Waals surface area contributed by atoms with Crippen LogP contribution >= 0.6 is 0 Å². The van der Waals surface area contributed by atoms with Gasteiger partial charge in [0.15, 0.2) is 5.78 Å². The van der Waals surface area contributed by atoms with Crippen LogP contribution in [0.4, 0.5) is 5.69 Å². The van der Waals surface area contributed by atoms with Crippen LogP contribution in [-0.2, 0) is 6.42 Å². The lowest BCUT2D eigenvalue weighted by atomic mass is 10.0. The Bertz CT molecular complexity index is 739. The second kappa shape index (κ2) is 13.0.